The van der Waals surface area contributed by atoms with Gasteiger partial charge in [-0.05, 0) is 24.6 Å². The van der Waals surface area contributed by atoms with Gasteiger partial charge in [-0.1, -0.05) is 17.3 Å². The van der Waals surface area contributed by atoms with Gasteiger partial charge in [-0.15, -0.1) is 0 Å². The average molecular weight is 330 g/mol. The van der Waals surface area contributed by atoms with Crippen LogP contribution in [0.2, 0.25) is 0 Å². The fraction of sp³-hybridized carbons (Fsp3) is 0.471. The summed E-state index contributed by atoms with van der Waals surface area (Å²) >= 11 is 0. The lowest BCUT2D eigenvalue weighted by Gasteiger charge is -2.37. The number of aryl methyl sites for hydroxylation is 1. The molecule has 0 N–H and O–H groups in total. The Morgan fingerprint density at radius 2 is 2.04 bits per heavy atom. The summed E-state index contributed by atoms with van der Waals surface area (Å²) in [5.41, 5.74) is 1.21. The molecule has 0 saturated carbocycles. The topological polar surface area (TPSA) is 71.7 Å². The Balaban J connectivity index is 1.61. The quantitative estimate of drug-likeness (QED) is 0.853. The van der Waals surface area contributed by atoms with E-state index in [0.717, 1.165) is 18.8 Å². The van der Waals surface area contributed by atoms with E-state index in [1.807, 2.05) is 12.1 Å². The van der Waals surface area contributed by atoms with Gasteiger partial charge >= 0.3 is 0 Å². The molecule has 128 valence electrons. The maximum Gasteiger partial charge on any atom is 0.295 e. The van der Waals surface area contributed by atoms with Gasteiger partial charge in [0.25, 0.3) is 11.7 Å². The number of carbonyl (C=O) groups is 1. The molecule has 0 spiro atoms. The van der Waals surface area contributed by atoms with Crippen LogP contribution in [0.5, 0.6) is 5.75 Å². The van der Waals surface area contributed by atoms with Gasteiger partial charge in [-0.25, -0.2) is 0 Å². The van der Waals surface area contributed by atoms with Crippen molar-refractivity contribution in [2.45, 2.75) is 19.9 Å². The molecule has 1 saturated heterocycles. The van der Waals surface area contributed by atoms with E-state index in [-0.39, 0.29) is 17.8 Å². The van der Waals surface area contributed by atoms with Crippen LogP contribution in [0, 0.1) is 6.92 Å². The van der Waals surface area contributed by atoms with Crippen molar-refractivity contribution in [3.63, 3.8) is 0 Å². The van der Waals surface area contributed by atoms with Gasteiger partial charge in [0.05, 0.1) is 7.11 Å². The van der Waals surface area contributed by atoms with E-state index in [9.17, 15) is 4.79 Å². The van der Waals surface area contributed by atoms with E-state index >= 15 is 0 Å². The Kier molecular flexibility index (Phi) is 4.80. The number of amides is 1. The molecular formula is C17H22N4O3. The first-order chi connectivity index (χ1) is 11.6. The Labute approximate surface area is 141 Å². The molecule has 1 aromatic heterocycles. The number of benzene rings is 1. The maximum atomic E-state index is 12.3. The number of rotatable bonds is 4. The molecule has 1 aliphatic heterocycles. The minimum atomic E-state index is -0.166. The Morgan fingerprint density at radius 3 is 2.67 bits per heavy atom. The number of ether oxygens (including phenoxy) is 1. The summed E-state index contributed by atoms with van der Waals surface area (Å²) in [4.78, 5) is 20.5. The number of carbonyl (C=O) groups excluding carboxylic acids is 1. The summed E-state index contributed by atoms with van der Waals surface area (Å²) in [7, 11) is 1.67. The lowest BCUT2D eigenvalue weighted by molar-refractivity contribution is 0.0568. The molecule has 7 nitrogen and oxygen atoms in total. The molecule has 0 radical (unpaired) electrons. The van der Waals surface area contributed by atoms with Gasteiger partial charge in [-0.3, -0.25) is 9.69 Å². The van der Waals surface area contributed by atoms with E-state index in [1.54, 1.807) is 18.9 Å². The van der Waals surface area contributed by atoms with Crippen molar-refractivity contribution in [2.24, 2.45) is 0 Å². The number of nitrogens with zero attached hydrogens (tertiary/aromatic N) is 4. The lowest BCUT2D eigenvalue weighted by atomic mass is 10.1. The maximum absolute atomic E-state index is 12.3. The molecule has 2 heterocycles. The first-order valence-electron chi connectivity index (χ1n) is 8.06. The summed E-state index contributed by atoms with van der Waals surface area (Å²) < 4.78 is 10.2. The second kappa shape index (κ2) is 7.00. The standard InChI is InChI=1S/C17H22N4O3/c1-12(14-5-4-6-15(11-14)23-3)20-7-9-21(10-8-20)17(22)16-18-13(2)24-19-16/h4-6,11-12H,7-10H2,1-3H3. The molecule has 7 heteroatoms. The predicted molar refractivity (Wildman–Crippen MR) is 87.9 cm³/mol. The first kappa shape index (κ1) is 16.4. The van der Waals surface area contributed by atoms with Crippen LogP contribution >= 0.6 is 0 Å². The smallest absolute Gasteiger partial charge is 0.295 e. The van der Waals surface area contributed by atoms with Gasteiger partial charge in [0, 0.05) is 39.1 Å². The van der Waals surface area contributed by atoms with Crippen LogP contribution in [-0.4, -0.2) is 59.1 Å². The molecule has 1 unspecified atom stereocenters. The molecule has 2 aromatic rings. The summed E-state index contributed by atoms with van der Waals surface area (Å²) in [5, 5.41) is 3.71. The zero-order valence-corrected chi connectivity index (χ0v) is 14.2. The summed E-state index contributed by atoms with van der Waals surface area (Å²) in [6.45, 7) is 6.77. The molecule has 3 rings (SSSR count). The highest BCUT2D eigenvalue weighted by Gasteiger charge is 2.27. The largest absolute Gasteiger partial charge is 0.497 e. The Hall–Kier alpha value is -2.41. The second-order valence-electron chi connectivity index (χ2n) is 5.92. The van der Waals surface area contributed by atoms with E-state index in [1.165, 1.54) is 5.56 Å². The van der Waals surface area contributed by atoms with Crippen LogP contribution in [0.4, 0.5) is 0 Å². The van der Waals surface area contributed by atoms with E-state index < -0.39 is 0 Å². The lowest BCUT2D eigenvalue weighted by Crippen LogP contribution is -2.49. The number of hydrogen-bond acceptors (Lipinski definition) is 6. The van der Waals surface area contributed by atoms with Gasteiger partial charge < -0.3 is 14.2 Å². The highest BCUT2D eigenvalue weighted by Crippen LogP contribution is 2.25. The minimum Gasteiger partial charge on any atom is -0.497 e. The Morgan fingerprint density at radius 1 is 1.29 bits per heavy atom. The van der Waals surface area contributed by atoms with Crippen molar-refractivity contribution in [1.29, 1.82) is 0 Å². The third-order valence-electron chi connectivity index (χ3n) is 4.44. The van der Waals surface area contributed by atoms with E-state index in [2.05, 4.69) is 34.1 Å². The zero-order valence-electron chi connectivity index (χ0n) is 14.2. The van der Waals surface area contributed by atoms with Crippen LogP contribution in [0.25, 0.3) is 0 Å². The molecule has 1 aromatic carbocycles. The fourth-order valence-corrected chi connectivity index (χ4v) is 2.95. The summed E-state index contributed by atoms with van der Waals surface area (Å²) in [6, 6.07) is 8.38. The monoisotopic (exact) mass is 330 g/mol. The molecule has 1 fully saturated rings. The van der Waals surface area contributed by atoms with Crippen molar-refractivity contribution < 1.29 is 14.1 Å². The van der Waals surface area contributed by atoms with Crippen molar-refractivity contribution >= 4 is 5.91 Å². The van der Waals surface area contributed by atoms with Crippen molar-refractivity contribution in [3.05, 3.63) is 41.5 Å². The van der Waals surface area contributed by atoms with Crippen molar-refractivity contribution in [2.75, 3.05) is 33.3 Å². The summed E-state index contributed by atoms with van der Waals surface area (Å²) in [6.07, 6.45) is 0. The van der Waals surface area contributed by atoms with Crippen molar-refractivity contribution in [1.82, 2.24) is 19.9 Å². The van der Waals surface area contributed by atoms with Crippen LogP contribution in [0.3, 0.4) is 0 Å². The number of aromatic nitrogens is 2. The molecule has 0 bridgehead atoms. The van der Waals surface area contributed by atoms with Gasteiger partial charge in [0.2, 0.25) is 5.89 Å². The van der Waals surface area contributed by atoms with Gasteiger partial charge in [0.1, 0.15) is 5.75 Å². The molecule has 1 amide bonds. The van der Waals surface area contributed by atoms with Crippen LogP contribution < -0.4 is 4.74 Å². The molecule has 1 atom stereocenters. The van der Waals surface area contributed by atoms with E-state index in [4.69, 9.17) is 9.26 Å². The van der Waals surface area contributed by atoms with Crippen molar-refractivity contribution in [3.8, 4) is 5.75 Å². The minimum absolute atomic E-state index is 0.141. The van der Waals surface area contributed by atoms with Crippen LogP contribution in [0.15, 0.2) is 28.8 Å². The molecule has 1 aliphatic rings. The van der Waals surface area contributed by atoms with Gasteiger partial charge in [0.15, 0.2) is 0 Å². The number of methoxy groups -OCH3 is 1. The fourth-order valence-electron chi connectivity index (χ4n) is 2.95. The van der Waals surface area contributed by atoms with Gasteiger partial charge in [-0.2, -0.15) is 4.98 Å². The summed E-state index contributed by atoms with van der Waals surface area (Å²) in [5.74, 6) is 1.24. The average Bonchev–Trinajstić information content (AvgIpc) is 3.07. The third kappa shape index (κ3) is 3.41. The van der Waals surface area contributed by atoms with E-state index in [0.29, 0.717) is 19.0 Å². The zero-order chi connectivity index (χ0) is 17.1. The predicted octanol–water partition coefficient (Wildman–Crippen LogP) is 1.91. The highest BCUT2D eigenvalue weighted by molar-refractivity contribution is 5.90. The Bertz CT molecular complexity index is 707. The number of piperazine rings is 1. The number of hydrogen-bond donors (Lipinski definition) is 0. The van der Waals surface area contributed by atoms with Crippen LogP contribution in [0.1, 0.15) is 35.0 Å². The molecular weight excluding hydrogens is 308 g/mol. The molecule has 0 aliphatic carbocycles. The molecule has 24 heavy (non-hydrogen) atoms. The second-order valence-corrected chi connectivity index (χ2v) is 5.92. The SMILES string of the molecule is COc1cccc(C(C)N2CCN(C(=O)c3noc(C)n3)CC2)c1. The van der Waals surface area contributed by atoms with Crippen LogP contribution in [-0.2, 0) is 0 Å². The third-order valence-corrected chi connectivity index (χ3v) is 4.44. The first-order valence-corrected chi connectivity index (χ1v) is 8.06. The normalized spacial score (nSPS) is 16.9. The highest BCUT2D eigenvalue weighted by atomic mass is 16.5.